The molecular formula is C25H34ClN3O4S. The first-order chi connectivity index (χ1) is 15.8. The van der Waals surface area contributed by atoms with E-state index in [1.54, 1.807) is 26.0 Å². The molecule has 2 rings (SSSR count). The lowest BCUT2D eigenvalue weighted by Gasteiger charge is -2.32. The van der Waals surface area contributed by atoms with Gasteiger partial charge >= 0.3 is 0 Å². The van der Waals surface area contributed by atoms with Crippen LogP contribution >= 0.6 is 11.6 Å². The maximum absolute atomic E-state index is 13.6. The van der Waals surface area contributed by atoms with Gasteiger partial charge in [0.15, 0.2) is 0 Å². The largest absolute Gasteiger partial charge is 0.354 e. The van der Waals surface area contributed by atoms with E-state index in [0.717, 1.165) is 21.7 Å². The van der Waals surface area contributed by atoms with Crippen LogP contribution in [0.1, 0.15) is 37.5 Å². The van der Waals surface area contributed by atoms with Crippen LogP contribution in [0, 0.1) is 19.8 Å². The molecule has 7 nitrogen and oxygen atoms in total. The molecule has 0 aromatic heterocycles. The predicted octanol–water partition coefficient (Wildman–Crippen LogP) is 3.91. The minimum absolute atomic E-state index is 0.170. The lowest BCUT2D eigenvalue weighted by atomic mass is 10.1. The number of aryl methyl sites for hydroxylation is 2. The van der Waals surface area contributed by atoms with Gasteiger partial charge in [0, 0.05) is 18.1 Å². The van der Waals surface area contributed by atoms with Gasteiger partial charge in [0.25, 0.3) is 0 Å². The first-order valence-corrected chi connectivity index (χ1v) is 13.4. The average Bonchev–Trinajstić information content (AvgIpc) is 2.74. The molecule has 186 valence electrons. The van der Waals surface area contributed by atoms with E-state index in [2.05, 4.69) is 5.32 Å². The summed E-state index contributed by atoms with van der Waals surface area (Å²) in [5.74, 6) is -0.526. The number of anilines is 1. The fourth-order valence-electron chi connectivity index (χ4n) is 3.49. The second-order valence-electron chi connectivity index (χ2n) is 9.03. The van der Waals surface area contributed by atoms with E-state index >= 15 is 0 Å². The molecular weight excluding hydrogens is 474 g/mol. The SMILES string of the molecule is Cc1cccc(CN(C(=O)CN(c2cc(Cl)ccc2C)S(C)(=O)=O)[C@@H](C)C(=O)NCC(C)C)c1. The molecule has 9 heteroatoms. The Kier molecular flexibility index (Phi) is 9.53. The van der Waals surface area contributed by atoms with E-state index in [-0.39, 0.29) is 18.4 Å². The highest BCUT2D eigenvalue weighted by atomic mass is 35.5. The minimum Gasteiger partial charge on any atom is -0.354 e. The van der Waals surface area contributed by atoms with Crippen molar-refractivity contribution < 1.29 is 18.0 Å². The molecule has 0 radical (unpaired) electrons. The van der Waals surface area contributed by atoms with Gasteiger partial charge in [-0.25, -0.2) is 8.42 Å². The number of sulfonamides is 1. The molecule has 0 bridgehead atoms. The molecule has 2 aromatic carbocycles. The van der Waals surface area contributed by atoms with Crippen molar-refractivity contribution in [3.63, 3.8) is 0 Å². The number of rotatable bonds is 10. The Hall–Kier alpha value is -2.58. The Morgan fingerprint density at radius 3 is 2.32 bits per heavy atom. The molecule has 0 saturated carbocycles. The lowest BCUT2D eigenvalue weighted by Crippen LogP contribution is -2.51. The summed E-state index contributed by atoms with van der Waals surface area (Å²) in [5, 5.41) is 3.22. The molecule has 0 saturated heterocycles. The number of carbonyl (C=O) groups is 2. The summed E-state index contributed by atoms with van der Waals surface area (Å²) >= 11 is 6.11. The molecule has 2 aromatic rings. The van der Waals surface area contributed by atoms with Gasteiger partial charge in [0.1, 0.15) is 12.6 Å². The van der Waals surface area contributed by atoms with Crippen molar-refractivity contribution >= 4 is 39.1 Å². The van der Waals surface area contributed by atoms with Gasteiger partial charge in [0.2, 0.25) is 21.8 Å². The molecule has 0 aliphatic heterocycles. The number of hydrogen-bond acceptors (Lipinski definition) is 4. The molecule has 0 aliphatic rings. The first kappa shape index (κ1) is 27.7. The van der Waals surface area contributed by atoms with Crippen LogP contribution in [0.5, 0.6) is 0 Å². The van der Waals surface area contributed by atoms with Gasteiger partial charge in [0.05, 0.1) is 11.9 Å². The average molecular weight is 508 g/mol. The summed E-state index contributed by atoms with van der Waals surface area (Å²) in [6.45, 7) is 9.51. The van der Waals surface area contributed by atoms with Crippen molar-refractivity contribution in [1.82, 2.24) is 10.2 Å². The summed E-state index contributed by atoms with van der Waals surface area (Å²) in [4.78, 5) is 27.8. The molecule has 0 unspecified atom stereocenters. The molecule has 0 spiro atoms. The van der Waals surface area contributed by atoms with Gasteiger partial charge < -0.3 is 10.2 Å². The Bertz CT molecular complexity index is 1130. The van der Waals surface area contributed by atoms with Gasteiger partial charge in [-0.05, 0) is 49.9 Å². The van der Waals surface area contributed by atoms with Crippen molar-refractivity contribution in [2.24, 2.45) is 5.92 Å². The fourth-order valence-corrected chi connectivity index (χ4v) is 4.55. The summed E-state index contributed by atoms with van der Waals surface area (Å²) in [5.41, 5.74) is 2.86. The van der Waals surface area contributed by atoms with Gasteiger partial charge in [-0.2, -0.15) is 0 Å². The molecule has 0 heterocycles. The van der Waals surface area contributed by atoms with Crippen molar-refractivity contribution in [3.05, 3.63) is 64.2 Å². The fraction of sp³-hybridized carbons (Fsp3) is 0.440. The number of halogens is 1. The third kappa shape index (κ3) is 7.74. The van der Waals surface area contributed by atoms with Crippen molar-refractivity contribution in [1.29, 1.82) is 0 Å². The monoisotopic (exact) mass is 507 g/mol. The van der Waals surface area contributed by atoms with Crippen molar-refractivity contribution in [3.8, 4) is 0 Å². The zero-order valence-electron chi connectivity index (χ0n) is 20.6. The Labute approximate surface area is 208 Å². The van der Waals surface area contributed by atoms with E-state index in [9.17, 15) is 18.0 Å². The zero-order valence-corrected chi connectivity index (χ0v) is 22.2. The predicted molar refractivity (Wildman–Crippen MR) is 137 cm³/mol. The second-order valence-corrected chi connectivity index (χ2v) is 11.4. The maximum Gasteiger partial charge on any atom is 0.244 e. The van der Waals surface area contributed by atoms with Crippen LogP contribution in [-0.2, 0) is 26.2 Å². The van der Waals surface area contributed by atoms with E-state index < -0.39 is 28.5 Å². The van der Waals surface area contributed by atoms with Gasteiger partial charge in [-0.3, -0.25) is 13.9 Å². The molecule has 1 atom stereocenters. The Balaban J connectivity index is 2.41. The van der Waals surface area contributed by atoms with E-state index in [1.165, 1.54) is 11.0 Å². The summed E-state index contributed by atoms with van der Waals surface area (Å²) < 4.78 is 26.4. The van der Waals surface area contributed by atoms with Crippen LogP contribution in [0.4, 0.5) is 5.69 Å². The molecule has 0 aliphatic carbocycles. The first-order valence-electron chi connectivity index (χ1n) is 11.2. The number of benzene rings is 2. The highest BCUT2D eigenvalue weighted by molar-refractivity contribution is 7.92. The standard InChI is InChI=1S/C25H34ClN3O4S/c1-17(2)14-27-25(31)20(5)28(15-21-9-7-8-18(3)12-21)24(30)16-29(34(6,32)33)23-13-22(26)11-10-19(23)4/h7-13,17,20H,14-16H2,1-6H3,(H,27,31)/t20-/m0/s1. The lowest BCUT2D eigenvalue weighted by molar-refractivity contribution is -0.139. The smallest absolute Gasteiger partial charge is 0.244 e. The van der Waals surface area contributed by atoms with E-state index in [0.29, 0.717) is 22.8 Å². The molecule has 1 N–H and O–H groups in total. The van der Waals surface area contributed by atoms with Crippen molar-refractivity contribution in [2.45, 2.75) is 47.2 Å². The van der Waals surface area contributed by atoms with Crippen molar-refractivity contribution in [2.75, 3.05) is 23.7 Å². The molecule has 2 amide bonds. The summed E-state index contributed by atoms with van der Waals surface area (Å²) in [7, 11) is -3.81. The molecule has 34 heavy (non-hydrogen) atoms. The van der Waals surface area contributed by atoms with E-state index in [1.807, 2.05) is 45.0 Å². The van der Waals surface area contributed by atoms with Crippen LogP contribution in [-0.4, -0.2) is 50.5 Å². The summed E-state index contributed by atoms with van der Waals surface area (Å²) in [6, 6.07) is 11.7. The number of hydrogen-bond donors (Lipinski definition) is 1. The normalized spacial score (nSPS) is 12.4. The maximum atomic E-state index is 13.6. The van der Waals surface area contributed by atoms with Crippen LogP contribution in [0.2, 0.25) is 5.02 Å². The zero-order chi connectivity index (χ0) is 25.6. The van der Waals surface area contributed by atoms with Gasteiger partial charge in [-0.1, -0.05) is 61.3 Å². The van der Waals surface area contributed by atoms with Crippen LogP contribution in [0.15, 0.2) is 42.5 Å². The van der Waals surface area contributed by atoms with Crippen LogP contribution in [0.3, 0.4) is 0 Å². The minimum atomic E-state index is -3.81. The quantitative estimate of drug-likeness (QED) is 0.528. The number of amides is 2. The van der Waals surface area contributed by atoms with Crippen LogP contribution in [0.25, 0.3) is 0 Å². The van der Waals surface area contributed by atoms with E-state index in [4.69, 9.17) is 11.6 Å². The number of nitrogens with zero attached hydrogens (tertiary/aromatic N) is 2. The third-order valence-electron chi connectivity index (χ3n) is 5.41. The topological polar surface area (TPSA) is 86.8 Å². The number of nitrogens with one attached hydrogen (secondary N) is 1. The highest BCUT2D eigenvalue weighted by Crippen LogP contribution is 2.26. The molecule has 0 fully saturated rings. The van der Waals surface area contributed by atoms with Crippen LogP contribution < -0.4 is 9.62 Å². The second kappa shape index (κ2) is 11.7. The number of carbonyl (C=O) groups excluding carboxylic acids is 2. The highest BCUT2D eigenvalue weighted by Gasteiger charge is 2.30. The Morgan fingerprint density at radius 1 is 1.06 bits per heavy atom. The third-order valence-corrected chi connectivity index (χ3v) is 6.77. The summed E-state index contributed by atoms with van der Waals surface area (Å²) in [6.07, 6.45) is 1.05. The van der Waals surface area contributed by atoms with Gasteiger partial charge in [-0.15, -0.1) is 0 Å². The Morgan fingerprint density at radius 2 is 1.74 bits per heavy atom.